The van der Waals surface area contributed by atoms with E-state index in [0.29, 0.717) is 6.54 Å². The van der Waals surface area contributed by atoms with Gasteiger partial charge in [-0.3, -0.25) is 4.98 Å². The summed E-state index contributed by atoms with van der Waals surface area (Å²) in [4.78, 5) is 26.5. The van der Waals surface area contributed by atoms with Crippen molar-refractivity contribution in [1.29, 1.82) is 0 Å². The highest BCUT2D eigenvalue weighted by molar-refractivity contribution is 6.13. The van der Waals surface area contributed by atoms with Crippen molar-refractivity contribution in [3.63, 3.8) is 0 Å². The minimum atomic E-state index is -0.716. The number of hydrogen-bond acceptors (Lipinski definition) is 5. The molecule has 0 radical (unpaired) electrons. The van der Waals surface area contributed by atoms with Gasteiger partial charge in [0.15, 0.2) is 18.9 Å². The van der Waals surface area contributed by atoms with Crippen LogP contribution < -0.4 is 4.57 Å². The third-order valence-corrected chi connectivity index (χ3v) is 2.01. The van der Waals surface area contributed by atoms with E-state index in [1.54, 1.807) is 29.4 Å². The van der Waals surface area contributed by atoms with Crippen LogP contribution in [0.3, 0.4) is 0 Å². The zero-order valence-electron chi connectivity index (χ0n) is 9.62. The van der Waals surface area contributed by atoms with E-state index in [4.69, 9.17) is 0 Å². The number of carbonyl (C=O) groups excluding carboxylic acids is 2. The van der Waals surface area contributed by atoms with E-state index < -0.39 is 11.9 Å². The van der Waals surface area contributed by atoms with Crippen LogP contribution in [0.2, 0.25) is 0 Å². The van der Waals surface area contributed by atoms with Gasteiger partial charge in [0.1, 0.15) is 5.57 Å². The first-order valence-electron chi connectivity index (χ1n) is 4.85. The summed E-state index contributed by atoms with van der Waals surface area (Å²) in [5.74, 6) is -1.43. The topological polar surface area (TPSA) is 69.4 Å². The van der Waals surface area contributed by atoms with E-state index in [2.05, 4.69) is 14.5 Å². The molecule has 90 valence electrons. The lowest BCUT2D eigenvalue weighted by atomic mass is 10.2. The quantitative estimate of drug-likeness (QED) is 0.235. The summed E-state index contributed by atoms with van der Waals surface area (Å²) in [5, 5.41) is 0. The van der Waals surface area contributed by atoms with Crippen LogP contribution in [-0.2, 0) is 25.6 Å². The van der Waals surface area contributed by atoms with Crippen molar-refractivity contribution in [2.45, 2.75) is 6.54 Å². The maximum absolute atomic E-state index is 11.3. The number of methoxy groups -OCH3 is 2. The lowest BCUT2D eigenvalue weighted by molar-refractivity contribution is -0.687. The summed E-state index contributed by atoms with van der Waals surface area (Å²) in [5.41, 5.74) is -0.126. The summed E-state index contributed by atoms with van der Waals surface area (Å²) in [7, 11) is 2.41. The molecule has 0 aromatic carbocycles. The number of nitrogens with zero attached hydrogens (tertiary/aromatic N) is 2. The molecule has 1 rings (SSSR count). The molecule has 0 aliphatic rings. The molecule has 17 heavy (non-hydrogen) atoms. The first kappa shape index (κ1) is 12.8. The van der Waals surface area contributed by atoms with Gasteiger partial charge in [-0.25, -0.2) is 9.59 Å². The molecule has 0 amide bonds. The molecule has 0 atom stereocenters. The fraction of sp³-hybridized carbons (Fsp3) is 0.273. The molecule has 6 heteroatoms. The third-order valence-electron chi connectivity index (χ3n) is 2.01. The van der Waals surface area contributed by atoms with Crippen molar-refractivity contribution in [3.05, 3.63) is 36.4 Å². The maximum atomic E-state index is 11.3. The zero-order valence-corrected chi connectivity index (χ0v) is 9.62. The lowest BCUT2D eigenvalue weighted by Crippen LogP contribution is -2.32. The minimum absolute atomic E-state index is 0.126. The van der Waals surface area contributed by atoms with Gasteiger partial charge in [0, 0.05) is 6.08 Å². The molecular formula is C11H13N2O4+. The first-order valence-corrected chi connectivity index (χ1v) is 4.85. The molecule has 0 aliphatic heterocycles. The molecule has 0 N–H and O–H groups in total. The molecule has 6 nitrogen and oxygen atoms in total. The van der Waals surface area contributed by atoms with Crippen LogP contribution >= 0.6 is 0 Å². The van der Waals surface area contributed by atoms with Gasteiger partial charge >= 0.3 is 11.9 Å². The average Bonchev–Trinajstić information content (AvgIpc) is 2.39. The fourth-order valence-electron chi connectivity index (χ4n) is 1.14. The van der Waals surface area contributed by atoms with Gasteiger partial charge in [0.25, 0.3) is 0 Å². The summed E-state index contributed by atoms with van der Waals surface area (Å²) in [6.45, 7) is 0.349. The van der Waals surface area contributed by atoms with E-state index in [1.165, 1.54) is 20.3 Å². The Morgan fingerprint density at radius 2 is 1.71 bits per heavy atom. The SMILES string of the molecule is COC(=O)C(=CC[n+]1ccncc1)C(=O)OC. The van der Waals surface area contributed by atoms with Gasteiger partial charge in [-0.2, -0.15) is 4.57 Å². The second kappa shape index (κ2) is 6.37. The molecule has 0 bridgehead atoms. The molecular weight excluding hydrogens is 224 g/mol. The lowest BCUT2D eigenvalue weighted by Gasteiger charge is -2.01. The van der Waals surface area contributed by atoms with E-state index in [9.17, 15) is 9.59 Å². The molecule has 0 aliphatic carbocycles. The van der Waals surface area contributed by atoms with Gasteiger partial charge in [-0.05, 0) is 0 Å². The highest BCUT2D eigenvalue weighted by Crippen LogP contribution is 2.00. The molecule has 0 fully saturated rings. The predicted molar refractivity (Wildman–Crippen MR) is 56.5 cm³/mol. The van der Waals surface area contributed by atoms with Crippen molar-refractivity contribution in [3.8, 4) is 0 Å². The van der Waals surface area contributed by atoms with Gasteiger partial charge in [0.2, 0.25) is 0 Å². The first-order chi connectivity index (χ1) is 8.19. The van der Waals surface area contributed by atoms with Crippen LogP contribution in [0.1, 0.15) is 0 Å². The third kappa shape index (κ3) is 3.67. The Hall–Kier alpha value is -2.24. The highest BCUT2D eigenvalue weighted by Gasteiger charge is 2.19. The maximum Gasteiger partial charge on any atom is 0.345 e. The molecule has 1 aromatic heterocycles. The molecule has 0 saturated carbocycles. The Kier molecular flexibility index (Phi) is 4.80. The van der Waals surface area contributed by atoms with Gasteiger partial charge in [-0.15, -0.1) is 0 Å². The molecule has 0 unspecified atom stereocenters. The van der Waals surface area contributed by atoms with Crippen LogP contribution in [0.5, 0.6) is 0 Å². The van der Waals surface area contributed by atoms with E-state index in [-0.39, 0.29) is 5.57 Å². The Labute approximate surface area is 98.5 Å². The van der Waals surface area contributed by atoms with Crippen LogP contribution in [-0.4, -0.2) is 31.1 Å². The number of ether oxygens (including phenoxy) is 2. The molecule has 0 saturated heterocycles. The van der Waals surface area contributed by atoms with Gasteiger partial charge in [-0.1, -0.05) is 0 Å². The summed E-state index contributed by atoms with van der Waals surface area (Å²) < 4.78 is 10.7. The number of hydrogen-bond donors (Lipinski definition) is 0. The fourth-order valence-corrected chi connectivity index (χ4v) is 1.14. The highest BCUT2D eigenvalue weighted by atomic mass is 16.5. The monoisotopic (exact) mass is 237 g/mol. The Morgan fingerprint density at radius 3 is 2.18 bits per heavy atom. The summed E-state index contributed by atoms with van der Waals surface area (Å²) >= 11 is 0. The standard InChI is InChI=1S/C11H13N2O4/c1-16-10(14)9(11(15)17-2)3-6-13-7-4-12-5-8-13/h3-5,7-8H,6H2,1-2H3/q+1. The normalized spacial score (nSPS) is 9.29. The number of rotatable bonds is 4. The average molecular weight is 237 g/mol. The minimum Gasteiger partial charge on any atom is -0.465 e. The van der Waals surface area contributed by atoms with Crippen molar-refractivity contribution in [2.75, 3.05) is 14.2 Å². The zero-order chi connectivity index (χ0) is 12.7. The Balaban J connectivity index is 2.84. The van der Waals surface area contributed by atoms with Gasteiger partial charge in [0.05, 0.1) is 26.6 Å². The summed E-state index contributed by atoms with van der Waals surface area (Å²) in [6.07, 6.45) is 8.07. The van der Waals surface area contributed by atoms with Crippen LogP contribution in [0, 0.1) is 0 Å². The van der Waals surface area contributed by atoms with Crippen molar-refractivity contribution >= 4 is 11.9 Å². The molecule has 1 aromatic rings. The van der Waals surface area contributed by atoms with E-state index in [1.807, 2.05) is 0 Å². The van der Waals surface area contributed by atoms with Crippen molar-refractivity contribution in [1.82, 2.24) is 4.98 Å². The number of esters is 2. The number of carbonyl (C=O) groups is 2. The van der Waals surface area contributed by atoms with Crippen LogP contribution in [0.25, 0.3) is 0 Å². The Bertz CT molecular complexity index is 410. The van der Waals surface area contributed by atoms with Crippen LogP contribution in [0.15, 0.2) is 36.4 Å². The summed E-state index contributed by atoms with van der Waals surface area (Å²) in [6, 6.07) is 0. The largest absolute Gasteiger partial charge is 0.465 e. The van der Waals surface area contributed by atoms with Gasteiger partial charge < -0.3 is 9.47 Å². The second-order valence-electron chi connectivity index (χ2n) is 3.04. The van der Waals surface area contributed by atoms with Crippen molar-refractivity contribution < 1.29 is 23.6 Å². The molecule has 1 heterocycles. The van der Waals surface area contributed by atoms with Crippen LogP contribution in [0.4, 0.5) is 0 Å². The Morgan fingerprint density at radius 1 is 1.18 bits per heavy atom. The number of allylic oxidation sites excluding steroid dienone is 1. The van der Waals surface area contributed by atoms with E-state index in [0.717, 1.165) is 0 Å². The predicted octanol–water partition coefficient (Wildman–Crippen LogP) is -0.359. The second-order valence-corrected chi connectivity index (χ2v) is 3.04. The molecule has 0 spiro atoms. The smallest absolute Gasteiger partial charge is 0.345 e. The van der Waals surface area contributed by atoms with E-state index >= 15 is 0 Å². The number of aromatic nitrogens is 2. The van der Waals surface area contributed by atoms with Crippen molar-refractivity contribution in [2.24, 2.45) is 0 Å².